The van der Waals surface area contributed by atoms with Gasteiger partial charge in [-0.1, -0.05) is 18.2 Å². The van der Waals surface area contributed by atoms with Crippen LogP contribution in [0.4, 0.5) is 0 Å². The molecule has 0 spiro atoms. The number of benzene rings is 1. The normalized spacial score (nSPS) is 12.6. The number of fused-ring (bicyclic) bond motifs is 1. The first-order valence-electron chi connectivity index (χ1n) is 5.62. The number of nitrogens with one attached hydrogen (secondary N) is 1. The standard InChI is InChI=1S/C13H15NO3S/c1-17-7-13(16)14-6-11(15)10-8-18-12-5-3-2-4-9(10)12/h2-5,8,11,15H,6-7H2,1H3,(H,14,16)/t11-/m0/s1. The van der Waals surface area contributed by atoms with Crippen LogP contribution in [0.5, 0.6) is 0 Å². The molecule has 0 aliphatic carbocycles. The summed E-state index contributed by atoms with van der Waals surface area (Å²) >= 11 is 1.59. The maximum absolute atomic E-state index is 11.2. The first-order chi connectivity index (χ1) is 8.72. The molecule has 0 aliphatic rings. The van der Waals surface area contributed by atoms with Crippen LogP contribution in [-0.2, 0) is 9.53 Å². The molecule has 1 heterocycles. The Hall–Kier alpha value is -1.43. The fourth-order valence-corrected chi connectivity index (χ4v) is 2.77. The number of rotatable bonds is 5. The number of hydrogen-bond donors (Lipinski definition) is 2. The number of ether oxygens (including phenoxy) is 1. The molecule has 0 aliphatic heterocycles. The Morgan fingerprint density at radius 1 is 1.50 bits per heavy atom. The Morgan fingerprint density at radius 3 is 3.06 bits per heavy atom. The van der Waals surface area contributed by atoms with Crippen molar-refractivity contribution < 1.29 is 14.6 Å². The van der Waals surface area contributed by atoms with Crippen LogP contribution in [0.2, 0.25) is 0 Å². The van der Waals surface area contributed by atoms with E-state index in [2.05, 4.69) is 5.32 Å². The van der Waals surface area contributed by atoms with Gasteiger partial charge in [-0.15, -0.1) is 11.3 Å². The van der Waals surface area contributed by atoms with Gasteiger partial charge in [0.25, 0.3) is 0 Å². The molecule has 4 nitrogen and oxygen atoms in total. The number of aliphatic hydroxyl groups excluding tert-OH is 1. The van der Waals surface area contributed by atoms with E-state index in [9.17, 15) is 9.90 Å². The van der Waals surface area contributed by atoms with Crippen molar-refractivity contribution in [3.8, 4) is 0 Å². The van der Waals surface area contributed by atoms with E-state index in [-0.39, 0.29) is 19.1 Å². The van der Waals surface area contributed by atoms with Crippen LogP contribution in [-0.4, -0.2) is 31.3 Å². The molecule has 1 atom stereocenters. The van der Waals surface area contributed by atoms with Gasteiger partial charge in [0.2, 0.25) is 5.91 Å². The number of carbonyl (C=O) groups excluding carboxylic acids is 1. The van der Waals surface area contributed by atoms with Crippen LogP contribution >= 0.6 is 11.3 Å². The van der Waals surface area contributed by atoms with Crippen molar-refractivity contribution >= 4 is 27.3 Å². The monoisotopic (exact) mass is 265 g/mol. The molecule has 1 aromatic carbocycles. The molecule has 18 heavy (non-hydrogen) atoms. The first kappa shape index (κ1) is 13.0. The van der Waals surface area contributed by atoms with E-state index < -0.39 is 6.10 Å². The summed E-state index contributed by atoms with van der Waals surface area (Å²) in [6.07, 6.45) is -0.693. The molecule has 2 N–H and O–H groups in total. The van der Waals surface area contributed by atoms with Crippen LogP contribution < -0.4 is 5.32 Å². The van der Waals surface area contributed by atoms with Crippen molar-refractivity contribution in [3.63, 3.8) is 0 Å². The van der Waals surface area contributed by atoms with Gasteiger partial charge in [-0.25, -0.2) is 0 Å². The third kappa shape index (κ3) is 2.87. The fourth-order valence-electron chi connectivity index (χ4n) is 1.76. The topological polar surface area (TPSA) is 58.6 Å². The molecule has 1 amide bonds. The number of aliphatic hydroxyl groups is 1. The van der Waals surface area contributed by atoms with Crippen LogP contribution in [0, 0.1) is 0 Å². The van der Waals surface area contributed by atoms with Crippen LogP contribution in [0.15, 0.2) is 29.6 Å². The van der Waals surface area contributed by atoms with Crippen molar-refractivity contribution in [1.29, 1.82) is 0 Å². The van der Waals surface area contributed by atoms with Crippen LogP contribution in [0.3, 0.4) is 0 Å². The minimum absolute atomic E-state index is 0.0110. The molecular formula is C13H15NO3S. The lowest BCUT2D eigenvalue weighted by atomic mass is 10.1. The molecule has 0 fully saturated rings. The Kier molecular flexibility index (Phi) is 4.30. The lowest BCUT2D eigenvalue weighted by molar-refractivity contribution is -0.125. The number of amides is 1. The van der Waals surface area contributed by atoms with Gasteiger partial charge in [0, 0.05) is 23.9 Å². The van der Waals surface area contributed by atoms with Crippen molar-refractivity contribution in [2.45, 2.75) is 6.10 Å². The van der Waals surface area contributed by atoms with Gasteiger partial charge in [-0.3, -0.25) is 4.79 Å². The van der Waals surface area contributed by atoms with E-state index in [0.717, 1.165) is 15.6 Å². The summed E-state index contributed by atoms with van der Waals surface area (Å²) in [5.41, 5.74) is 0.855. The number of methoxy groups -OCH3 is 1. The second kappa shape index (κ2) is 5.95. The van der Waals surface area contributed by atoms with Crippen molar-refractivity contribution in [2.75, 3.05) is 20.3 Å². The van der Waals surface area contributed by atoms with Gasteiger partial charge < -0.3 is 15.2 Å². The highest BCUT2D eigenvalue weighted by Gasteiger charge is 2.13. The molecule has 5 heteroatoms. The van der Waals surface area contributed by atoms with Gasteiger partial charge >= 0.3 is 0 Å². The Bertz CT molecular complexity index is 538. The maximum atomic E-state index is 11.2. The zero-order valence-electron chi connectivity index (χ0n) is 10.1. The number of carbonyl (C=O) groups is 1. The van der Waals surface area contributed by atoms with Gasteiger partial charge in [-0.05, 0) is 16.8 Å². The third-order valence-electron chi connectivity index (χ3n) is 2.64. The summed E-state index contributed by atoms with van der Waals surface area (Å²) in [5, 5.41) is 15.7. The summed E-state index contributed by atoms with van der Waals surface area (Å²) in [5.74, 6) is -0.226. The molecule has 0 saturated carbocycles. The number of thiophene rings is 1. The highest BCUT2D eigenvalue weighted by atomic mass is 32.1. The quantitative estimate of drug-likeness (QED) is 0.865. The summed E-state index contributed by atoms with van der Waals surface area (Å²) in [6.45, 7) is 0.208. The smallest absolute Gasteiger partial charge is 0.246 e. The van der Waals surface area contributed by atoms with E-state index in [1.165, 1.54) is 7.11 Å². The summed E-state index contributed by atoms with van der Waals surface area (Å²) in [6, 6.07) is 7.89. The third-order valence-corrected chi connectivity index (χ3v) is 3.62. The molecule has 1 aromatic heterocycles. The Morgan fingerprint density at radius 2 is 2.28 bits per heavy atom. The number of hydrogen-bond acceptors (Lipinski definition) is 4. The molecule has 0 unspecified atom stereocenters. The summed E-state index contributed by atoms with van der Waals surface area (Å²) in [4.78, 5) is 11.2. The molecular weight excluding hydrogens is 250 g/mol. The minimum atomic E-state index is -0.693. The van der Waals surface area contributed by atoms with E-state index in [1.54, 1.807) is 11.3 Å². The average molecular weight is 265 g/mol. The molecule has 0 saturated heterocycles. The molecule has 0 radical (unpaired) electrons. The van der Waals surface area contributed by atoms with Gasteiger partial charge in [0.05, 0.1) is 6.10 Å². The Labute approximate surface area is 109 Å². The van der Waals surface area contributed by atoms with Crippen molar-refractivity contribution in [3.05, 3.63) is 35.2 Å². The van der Waals surface area contributed by atoms with Crippen LogP contribution in [0.1, 0.15) is 11.7 Å². The summed E-state index contributed by atoms with van der Waals surface area (Å²) in [7, 11) is 1.46. The lowest BCUT2D eigenvalue weighted by Gasteiger charge is -2.11. The average Bonchev–Trinajstić information content (AvgIpc) is 2.80. The van der Waals surface area contributed by atoms with Gasteiger partial charge in [-0.2, -0.15) is 0 Å². The predicted octanol–water partition coefficient (Wildman–Crippen LogP) is 1.70. The molecule has 2 aromatic rings. The van der Waals surface area contributed by atoms with Gasteiger partial charge in [0.1, 0.15) is 6.61 Å². The molecule has 2 rings (SSSR count). The van der Waals surface area contributed by atoms with Crippen molar-refractivity contribution in [2.24, 2.45) is 0 Å². The second-order valence-electron chi connectivity index (χ2n) is 3.94. The first-order valence-corrected chi connectivity index (χ1v) is 6.50. The fraction of sp³-hybridized carbons (Fsp3) is 0.308. The largest absolute Gasteiger partial charge is 0.387 e. The van der Waals surface area contributed by atoms with E-state index in [0.29, 0.717) is 0 Å². The highest BCUT2D eigenvalue weighted by Crippen LogP contribution is 2.29. The molecule has 0 bridgehead atoms. The van der Waals surface area contributed by atoms with Gasteiger partial charge in [0.15, 0.2) is 0 Å². The van der Waals surface area contributed by atoms with Crippen molar-refractivity contribution in [1.82, 2.24) is 5.32 Å². The van der Waals surface area contributed by atoms with E-state index in [1.807, 2.05) is 29.6 Å². The predicted molar refractivity (Wildman–Crippen MR) is 71.7 cm³/mol. The second-order valence-corrected chi connectivity index (χ2v) is 4.85. The Balaban J connectivity index is 2.05. The highest BCUT2D eigenvalue weighted by molar-refractivity contribution is 7.17. The lowest BCUT2D eigenvalue weighted by Crippen LogP contribution is -2.31. The van der Waals surface area contributed by atoms with E-state index in [4.69, 9.17) is 4.74 Å². The van der Waals surface area contributed by atoms with Crippen LogP contribution in [0.25, 0.3) is 10.1 Å². The summed E-state index contributed by atoms with van der Waals surface area (Å²) < 4.78 is 5.84. The zero-order chi connectivity index (χ0) is 13.0. The zero-order valence-corrected chi connectivity index (χ0v) is 10.9. The maximum Gasteiger partial charge on any atom is 0.246 e. The SMILES string of the molecule is COCC(=O)NC[C@H](O)c1csc2ccccc12. The minimum Gasteiger partial charge on any atom is -0.387 e. The molecule has 96 valence electrons. The van der Waals surface area contributed by atoms with E-state index >= 15 is 0 Å².